The van der Waals surface area contributed by atoms with Gasteiger partial charge < -0.3 is 5.73 Å². The Bertz CT molecular complexity index is 470. The molecule has 1 aromatic carbocycles. The second-order valence-corrected chi connectivity index (χ2v) is 6.01. The van der Waals surface area contributed by atoms with Gasteiger partial charge in [0.2, 0.25) is 0 Å². The van der Waals surface area contributed by atoms with Gasteiger partial charge in [-0.2, -0.15) is 11.3 Å². The third-order valence-corrected chi connectivity index (χ3v) is 4.64. The Labute approximate surface area is 115 Å². The smallest absolute Gasteiger partial charge is 0.136 e. The van der Waals surface area contributed by atoms with Crippen molar-refractivity contribution in [2.45, 2.75) is 23.8 Å². The summed E-state index contributed by atoms with van der Waals surface area (Å²) < 4.78 is 13.4. The van der Waals surface area contributed by atoms with Crippen LogP contribution in [0, 0.1) is 5.82 Å². The molecule has 0 aliphatic rings. The number of hydrogen-bond donors (Lipinski definition) is 1. The minimum absolute atomic E-state index is 0.106. The van der Waals surface area contributed by atoms with Crippen molar-refractivity contribution in [3.63, 3.8) is 0 Å². The Balaban J connectivity index is 1.75. The van der Waals surface area contributed by atoms with E-state index in [1.165, 1.54) is 23.4 Å². The summed E-state index contributed by atoms with van der Waals surface area (Å²) in [5, 5.41) is 4.23. The molecule has 18 heavy (non-hydrogen) atoms. The zero-order valence-electron chi connectivity index (χ0n) is 10.0. The van der Waals surface area contributed by atoms with Crippen LogP contribution in [-0.2, 0) is 6.42 Å². The molecule has 1 nitrogen and oxygen atoms in total. The molecule has 0 aliphatic carbocycles. The van der Waals surface area contributed by atoms with E-state index in [-0.39, 0.29) is 11.9 Å². The topological polar surface area (TPSA) is 26.0 Å². The standard InChI is InChI=1S/C14H16FNS2/c15-13-3-1-2-4-14(13)18-10-12(16)6-5-11-7-8-17-9-11/h1-4,7-9,12H,5-6,10,16H2. The zero-order valence-corrected chi connectivity index (χ0v) is 11.6. The molecule has 96 valence electrons. The molecule has 0 spiro atoms. The molecule has 1 heterocycles. The van der Waals surface area contributed by atoms with Crippen LogP contribution in [0.4, 0.5) is 4.39 Å². The van der Waals surface area contributed by atoms with Crippen molar-refractivity contribution >= 4 is 23.1 Å². The van der Waals surface area contributed by atoms with Crippen molar-refractivity contribution in [1.29, 1.82) is 0 Å². The van der Waals surface area contributed by atoms with E-state index in [1.54, 1.807) is 23.5 Å². The summed E-state index contributed by atoms with van der Waals surface area (Å²) in [4.78, 5) is 0.684. The predicted molar refractivity (Wildman–Crippen MR) is 77.7 cm³/mol. The first kappa shape index (κ1) is 13.6. The number of thioether (sulfide) groups is 1. The molecular weight excluding hydrogens is 265 g/mol. The van der Waals surface area contributed by atoms with Crippen LogP contribution in [0.15, 0.2) is 46.0 Å². The van der Waals surface area contributed by atoms with Crippen LogP contribution < -0.4 is 5.73 Å². The van der Waals surface area contributed by atoms with Crippen LogP contribution in [0.3, 0.4) is 0 Å². The van der Waals surface area contributed by atoms with Gasteiger partial charge >= 0.3 is 0 Å². The van der Waals surface area contributed by atoms with Gasteiger partial charge in [0.05, 0.1) is 0 Å². The number of thiophene rings is 1. The Morgan fingerprint density at radius 1 is 1.28 bits per heavy atom. The lowest BCUT2D eigenvalue weighted by Gasteiger charge is -2.10. The van der Waals surface area contributed by atoms with Gasteiger partial charge in [-0.15, -0.1) is 11.8 Å². The molecule has 2 rings (SSSR count). The van der Waals surface area contributed by atoms with Crippen molar-refractivity contribution in [1.82, 2.24) is 0 Å². The summed E-state index contributed by atoms with van der Waals surface area (Å²) in [7, 11) is 0. The fourth-order valence-corrected chi connectivity index (χ4v) is 3.27. The average molecular weight is 281 g/mol. The first-order valence-corrected chi connectivity index (χ1v) is 7.82. The van der Waals surface area contributed by atoms with Gasteiger partial charge in [-0.1, -0.05) is 12.1 Å². The Kier molecular flexibility index (Phi) is 5.23. The lowest BCUT2D eigenvalue weighted by molar-refractivity contribution is 0.601. The van der Waals surface area contributed by atoms with Gasteiger partial charge in [0, 0.05) is 16.7 Å². The lowest BCUT2D eigenvalue weighted by atomic mass is 10.1. The van der Waals surface area contributed by atoms with E-state index in [1.807, 2.05) is 6.07 Å². The number of rotatable bonds is 6. The highest BCUT2D eigenvalue weighted by Gasteiger charge is 2.07. The van der Waals surface area contributed by atoms with Crippen molar-refractivity contribution in [2.75, 3.05) is 5.75 Å². The van der Waals surface area contributed by atoms with Crippen molar-refractivity contribution in [2.24, 2.45) is 5.73 Å². The Morgan fingerprint density at radius 3 is 2.83 bits per heavy atom. The second kappa shape index (κ2) is 6.92. The van der Waals surface area contributed by atoms with Crippen LogP contribution >= 0.6 is 23.1 Å². The number of nitrogens with two attached hydrogens (primary N) is 1. The molecule has 1 unspecified atom stereocenters. The second-order valence-electron chi connectivity index (χ2n) is 4.17. The third kappa shape index (κ3) is 4.12. The highest BCUT2D eigenvalue weighted by atomic mass is 32.2. The fraction of sp³-hybridized carbons (Fsp3) is 0.286. The monoisotopic (exact) mass is 281 g/mol. The van der Waals surface area contributed by atoms with E-state index in [4.69, 9.17) is 5.73 Å². The number of hydrogen-bond acceptors (Lipinski definition) is 3. The van der Waals surface area contributed by atoms with Crippen molar-refractivity contribution in [3.05, 3.63) is 52.5 Å². The normalized spacial score (nSPS) is 12.6. The fourth-order valence-electron chi connectivity index (χ4n) is 1.63. The molecule has 0 bridgehead atoms. The molecule has 0 saturated heterocycles. The van der Waals surface area contributed by atoms with Crippen molar-refractivity contribution in [3.8, 4) is 0 Å². The van der Waals surface area contributed by atoms with E-state index in [0.29, 0.717) is 4.90 Å². The van der Waals surface area contributed by atoms with Crippen LogP contribution in [0.1, 0.15) is 12.0 Å². The zero-order chi connectivity index (χ0) is 12.8. The average Bonchev–Trinajstić information content (AvgIpc) is 2.88. The summed E-state index contributed by atoms with van der Waals surface area (Å²) in [5.74, 6) is 0.595. The summed E-state index contributed by atoms with van der Waals surface area (Å²) in [5.41, 5.74) is 7.39. The van der Waals surface area contributed by atoms with E-state index < -0.39 is 0 Å². The summed E-state index contributed by atoms with van der Waals surface area (Å²) in [6.07, 6.45) is 1.95. The van der Waals surface area contributed by atoms with Gasteiger partial charge in [-0.25, -0.2) is 4.39 Å². The molecule has 2 aromatic rings. The van der Waals surface area contributed by atoms with Crippen LogP contribution in [0.2, 0.25) is 0 Å². The maximum atomic E-state index is 13.4. The number of benzene rings is 1. The van der Waals surface area contributed by atoms with Crippen molar-refractivity contribution < 1.29 is 4.39 Å². The molecule has 0 radical (unpaired) electrons. The van der Waals surface area contributed by atoms with Gasteiger partial charge in [-0.05, 0) is 47.4 Å². The minimum Gasteiger partial charge on any atom is -0.327 e. The van der Waals surface area contributed by atoms with Crippen LogP contribution in [0.5, 0.6) is 0 Å². The number of aryl methyl sites for hydroxylation is 1. The third-order valence-electron chi connectivity index (χ3n) is 2.67. The van der Waals surface area contributed by atoms with Gasteiger partial charge in [0.25, 0.3) is 0 Å². The summed E-state index contributed by atoms with van der Waals surface area (Å²) in [6, 6.07) is 9.07. The van der Waals surface area contributed by atoms with E-state index in [2.05, 4.69) is 16.8 Å². The minimum atomic E-state index is -0.160. The first-order valence-electron chi connectivity index (χ1n) is 5.89. The molecular formula is C14H16FNS2. The predicted octanol–water partition coefficient (Wildman–Crippen LogP) is 3.94. The molecule has 2 N–H and O–H groups in total. The largest absolute Gasteiger partial charge is 0.327 e. The highest BCUT2D eigenvalue weighted by molar-refractivity contribution is 7.99. The van der Waals surface area contributed by atoms with Gasteiger partial charge in [0.15, 0.2) is 0 Å². The quantitative estimate of drug-likeness (QED) is 0.812. The highest BCUT2D eigenvalue weighted by Crippen LogP contribution is 2.22. The van der Waals surface area contributed by atoms with Gasteiger partial charge in [0.1, 0.15) is 5.82 Å². The Hall–Kier alpha value is -0.840. The SMILES string of the molecule is NC(CCc1ccsc1)CSc1ccccc1F. The van der Waals surface area contributed by atoms with Crippen LogP contribution in [0.25, 0.3) is 0 Å². The maximum absolute atomic E-state index is 13.4. The maximum Gasteiger partial charge on any atom is 0.136 e. The summed E-state index contributed by atoms with van der Waals surface area (Å²) >= 11 is 3.20. The first-order chi connectivity index (χ1) is 8.75. The summed E-state index contributed by atoms with van der Waals surface area (Å²) in [6.45, 7) is 0. The van der Waals surface area contributed by atoms with E-state index >= 15 is 0 Å². The number of halogens is 1. The molecule has 0 saturated carbocycles. The Morgan fingerprint density at radius 2 is 2.11 bits per heavy atom. The molecule has 0 amide bonds. The van der Waals surface area contributed by atoms with Crippen LogP contribution in [-0.4, -0.2) is 11.8 Å². The molecule has 0 aliphatic heterocycles. The molecule has 4 heteroatoms. The molecule has 1 atom stereocenters. The lowest BCUT2D eigenvalue weighted by Crippen LogP contribution is -2.23. The molecule has 0 fully saturated rings. The molecule has 1 aromatic heterocycles. The van der Waals surface area contributed by atoms with E-state index in [9.17, 15) is 4.39 Å². The van der Waals surface area contributed by atoms with Gasteiger partial charge in [-0.3, -0.25) is 0 Å². The van der Waals surface area contributed by atoms with E-state index in [0.717, 1.165) is 18.6 Å².